The zero-order valence-electron chi connectivity index (χ0n) is 16.8. The lowest BCUT2D eigenvalue weighted by Crippen LogP contribution is -2.54. The van der Waals surface area contributed by atoms with Gasteiger partial charge in [0.1, 0.15) is 17.9 Å². The number of benzene rings is 1. The fourth-order valence-corrected chi connectivity index (χ4v) is 3.78. The number of nitrogens with one attached hydrogen (secondary N) is 1. The minimum atomic E-state index is -0.463. The third-order valence-corrected chi connectivity index (χ3v) is 5.53. The van der Waals surface area contributed by atoms with Crippen molar-refractivity contribution in [2.24, 2.45) is 0 Å². The Bertz CT molecular complexity index is 781. The summed E-state index contributed by atoms with van der Waals surface area (Å²) in [5.41, 5.74) is 1.05. The van der Waals surface area contributed by atoms with Crippen LogP contribution >= 0.6 is 11.6 Å². The standard InChI is InChI=1S/C21H28ClN3O3/c1-15-4-5-18-17(12-15)20(27)25(13-19(26)23-9-6-16(2)22)14-21(28-18)7-10-24(3)11-8-21/h4-6,12H,7-11,13-14H2,1-3H3,(H,23,26). The molecule has 0 radical (unpaired) electrons. The van der Waals surface area contributed by atoms with Gasteiger partial charge in [0.25, 0.3) is 5.91 Å². The van der Waals surface area contributed by atoms with Crippen LogP contribution in [0.1, 0.15) is 35.7 Å². The molecule has 0 bridgehead atoms. The third kappa shape index (κ3) is 4.86. The van der Waals surface area contributed by atoms with Gasteiger partial charge in [-0.3, -0.25) is 9.59 Å². The van der Waals surface area contributed by atoms with Gasteiger partial charge in [-0.15, -0.1) is 0 Å². The molecule has 2 aliphatic rings. The molecule has 1 fully saturated rings. The van der Waals surface area contributed by atoms with Crippen molar-refractivity contribution < 1.29 is 14.3 Å². The van der Waals surface area contributed by atoms with E-state index in [9.17, 15) is 9.59 Å². The molecule has 1 N–H and O–H groups in total. The maximum Gasteiger partial charge on any atom is 0.258 e. The van der Waals surface area contributed by atoms with Crippen LogP contribution in [0.3, 0.4) is 0 Å². The Kier molecular flexibility index (Phi) is 6.30. The van der Waals surface area contributed by atoms with E-state index in [1.54, 1.807) is 17.9 Å². The van der Waals surface area contributed by atoms with Crippen LogP contribution in [0.4, 0.5) is 0 Å². The van der Waals surface area contributed by atoms with Gasteiger partial charge in [0.15, 0.2) is 0 Å². The van der Waals surface area contributed by atoms with Crippen molar-refractivity contribution in [3.05, 3.63) is 40.4 Å². The normalized spacial score (nSPS) is 19.8. The average molecular weight is 406 g/mol. The predicted octanol–water partition coefficient (Wildman–Crippen LogP) is 2.55. The number of hydrogen-bond donors (Lipinski definition) is 1. The largest absolute Gasteiger partial charge is 0.484 e. The highest BCUT2D eigenvalue weighted by Gasteiger charge is 2.42. The van der Waals surface area contributed by atoms with Gasteiger partial charge >= 0.3 is 0 Å². The highest BCUT2D eigenvalue weighted by molar-refractivity contribution is 6.29. The molecule has 1 saturated heterocycles. The number of fused-ring (bicyclic) bond motifs is 1. The van der Waals surface area contributed by atoms with Crippen LogP contribution in [-0.4, -0.2) is 67.0 Å². The molecule has 0 saturated carbocycles. The van der Waals surface area contributed by atoms with E-state index >= 15 is 0 Å². The van der Waals surface area contributed by atoms with Crippen LogP contribution in [0.5, 0.6) is 5.75 Å². The summed E-state index contributed by atoms with van der Waals surface area (Å²) in [5, 5.41) is 3.41. The van der Waals surface area contributed by atoms with Gasteiger partial charge in [0.05, 0.1) is 12.1 Å². The molecule has 1 aromatic rings. The Balaban J connectivity index is 1.84. The molecule has 0 aromatic heterocycles. The monoisotopic (exact) mass is 405 g/mol. The lowest BCUT2D eigenvalue weighted by atomic mass is 9.90. The molecule has 7 heteroatoms. The van der Waals surface area contributed by atoms with Crippen LogP contribution in [0.15, 0.2) is 29.3 Å². The summed E-state index contributed by atoms with van der Waals surface area (Å²) in [6, 6.07) is 5.67. The van der Waals surface area contributed by atoms with E-state index in [0.717, 1.165) is 31.5 Å². The van der Waals surface area contributed by atoms with Crippen molar-refractivity contribution >= 4 is 23.4 Å². The maximum atomic E-state index is 13.2. The molecule has 2 aliphatic heterocycles. The summed E-state index contributed by atoms with van der Waals surface area (Å²) in [4.78, 5) is 29.5. The number of rotatable bonds is 4. The van der Waals surface area contributed by atoms with Crippen molar-refractivity contribution in [1.29, 1.82) is 0 Å². The number of amides is 2. The number of likely N-dealkylation sites (tertiary alicyclic amines) is 1. The third-order valence-electron chi connectivity index (χ3n) is 5.37. The molecule has 6 nitrogen and oxygen atoms in total. The highest BCUT2D eigenvalue weighted by Crippen LogP contribution is 2.35. The van der Waals surface area contributed by atoms with E-state index in [1.807, 2.05) is 25.1 Å². The molecule has 1 aromatic carbocycles. The first kappa shape index (κ1) is 20.7. The highest BCUT2D eigenvalue weighted by atomic mass is 35.5. The number of carbonyl (C=O) groups is 2. The van der Waals surface area contributed by atoms with E-state index < -0.39 is 5.60 Å². The SMILES string of the molecule is CC(Cl)=CCNC(=O)CN1CC2(CCN(C)CC2)Oc2ccc(C)cc2C1=O. The lowest BCUT2D eigenvalue weighted by molar-refractivity contribution is -0.122. The number of nitrogens with zero attached hydrogens (tertiary/aromatic N) is 2. The van der Waals surface area contributed by atoms with Gasteiger partial charge in [0, 0.05) is 37.5 Å². The van der Waals surface area contributed by atoms with Crippen LogP contribution < -0.4 is 10.1 Å². The Labute approximate surface area is 171 Å². The van der Waals surface area contributed by atoms with Crippen molar-refractivity contribution in [2.75, 3.05) is 39.8 Å². The number of carbonyl (C=O) groups excluding carboxylic acids is 2. The second kappa shape index (κ2) is 8.53. The summed E-state index contributed by atoms with van der Waals surface area (Å²) in [5.74, 6) is 0.249. The Morgan fingerprint density at radius 3 is 2.75 bits per heavy atom. The second-order valence-corrected chi connectivity index (χ2v) is 8.44. The molecule has 2 heterocycles. The summed E-state index contributed by atoms with van der Waals surface area (Å²) >= 11 is 5.80. The summed E-state index contributed by atoms with van der Waals surface area (Å²) in [6.45, 7) is 6.25. The number of piperidine rings is 1. The van der Waals surface area contributed by atoms with E-state index in [1.165, 1.54) is 0 Å². The number of aryl methyl sites for hydroxylation is 1. The van der Waals surface area contributed by atoms with Gasteiger partial charge in [0.2, 0.25) is 5.91 Å². The number of hydrogen-bond acceptors (Lipinski definition) is 4. The molecular formula is C21H28ClN3O3. The minimum Gasteiger partial charge on any atom is -0.484 e. The Morgan fingerprint density at radius 2 is 2.07 bits per heavy atom. The van der Waals surface area contributed by atoms with Crippen LogP contribution in [-0.2, 0) is 4.79 Å². The zero-order valence-corrected chi connectivity index (χ0v) is 17.5. The second-order valence-electron chi connectivity index (χ2n) is 7.84. The first-order valence-corrected chi connectivity index (χ1v) is 10.0. The molecule has 3 rings (SSSR count). The fourth-order valence-electron chi connectivity index (χ4n) is 3.70. The van der Waals surface area contributed by atoms with E-state index in [4.69, 9.17) is 16.3 Å². The summed E-state index contributed by atoms with van der Waals surface area (Å²) in [7, 11) is 2.09. The van der Waals surface area contributed by atoms with Gasteiger partial charge in [-0.25, -0.2) is 0 Å². The summed E-state index contributed by atoms with van der Waals surface area (Å²) in [6.07, 6.45) is 3.36. The molecule has 1 spiro atoms. The van der Waals surface area contributed by atoms with E-state index in [0.29, 0.717) is 29.4 Å². The topological polar surface area (TPSA) is 61.9 Å². The summed E-state index contributed by atoms with van der Waals surface area (Å²) < 4.78 is 6.44. The van der Waals surface area contributed by atoms with E-state index in [2.05, 4.69) is 17.3 Å². The Hall–Kier alpha value is -2.05. The van der Waals surface area contributed by atoms with Crippen LogP contribution in [0, 0.1) is 6.92 Å². The molecule has 0 unspecified atom stereocenters. The predicted molar refractivity (Wildman–Crippen MR) is 110 cm³/mol. The Morgan fingerprint density at radius 1 is 1.36 bits per heavy atom. The molecule has 2 amide bonds. The number of halogens is 1. The first-order valence-electron chi connectivity index (χ1n) is 9.64. The smallest absolute Gasteiger partial charge is 0.258 e. The molecular weight excluding hydrogens is 378 g/mol. The minimum absolute atomic E-state index is 0.00232. The zero-order chi connectivity index (χ0) is 20.3. The van der Waals surface area contributed by atoms with Gasteiger partial charge in [-0.1, -0.05) is 29.3 Å². The van der Waals surface area contributed by atoms with Crippen LogP contribution in [0.2, 0.25) is 0 Å². The van der Waals surface area contributed by atoms with Crippen molar-refractivity contribution in [1.82, 2.24) is 15.1 Å². The van der Waals surface area contributed by atoms with Crippen molar-refractivity contribution in [3.8, 4) is 5.75 Å². The molecule has 0 aliphatic carbocycles. The number of allylic oxidation sites excluding steroid dienone is 1. The van der Waals surface area contributed by atoms with Gasteiger partial charge < -0.3 is 19.9 Å². The first-order chi connectivity index (χ1) is 13.3. The average Bonchev–Trinajstić information content (AvgIpc) is 2.74. The molecule has 152 valence electrons. The molecule has 28 heavy (non-hydrogen) atoms. The fraction of sp³-hybridized carbons (Fsp3) is 0.524. The van der Waals surface area contributed by atoms with Crippen LogP contribution in [0.25, 0.3) is 0 Å². The molecule has 0 atom stereocenters. The quantitative estimate of drug-likeness (QED) is 0.836. The van der Waals surface area contributed by atoms with Crippen molar-refractivity contribution in [3.63, 3.8) is 0 Å². The van der Waals surface area contributed by atoms with Gasteiger partial charge in [-0.2, -0.15) is 0 Å². The van der Waals surface area contributed by atoms with Gasteiger partial charge in [-0.05, 0) is 33.0 Å². The number of ether oxygens (including phenoxy) is 1. The van der Waals surface area contributed by atoms with E-state index in [-0.39, 0.29) is 18.4 Å². The lowest BCUT2D eigenvalue weighted by Gasteiger charge is -2.41. The maximum absolute atomic E-state index is 13.2. The van der Waals surface area contributed by atoms with Crippen molar-refractivity contribution in [2.45, 2.75) is 32.3 Å².